The van der Waals surface area contributed by atoms with Gasteiger partial charge in [0.15, 0.2) is 0 Å². The lowest BCUT2D eigenvalue weighted by Crippen LogP contribution is -2.46. The van der Waals surface area contributed by atoms with Gasteiger partial charge in [0.2, 0.25) is 0 Å². The fourth-order valence-electron chi connectivity index (χ4n) is 4.25. The fourth-order valence-corrected chi connectivity index (χ4v) is 4.74. The second-order valence-corrected chi connectivity index (χ2v) is 10.5. The average Bonchev–Trinajstić information content (AvgIpc) is 3.39. The van der Waals surface area contributed by atoms with E-state index in [9.17, 15) is 18.0 Å². The van der Waals surface area contributed by atoms with Crippen LogP contribution in [0.5, 0.6) is 0 Å². The van der Waals surface area contributed by atoms with E-state index in [0.29, 0.717) is 33.5 Å². The first-order chi connectivity index (χ1) is 20.4. The predicted octanol–water partition coefficient (Wildman–Crippen LogP) is 5.08. The zero-order chi connectivity index (χ0) is 31.1. The smallest absolute Gasteiger partial charge is 0.475 e. The van der Waals surface area contributed by atoms with Crippen LogP contribution in [0, 0.1) is 0 Å². The number of piperazine rings is 1. The summed E-state index contributed by atoms with van der Waals surface area (Å²) >= 11 is 12.6. The van der Waals surface area contributed by atoms with Crippen LogP contribution in [0.15, 0.2) is 61.1 Å². The molecule has 15 heteroatoms. The summed E-state index contributed by atoms with van der Waals surface area (Å²) in [5.41, 5.74) is 3.60. The SMILES string of the molecule is CN1CCN(CCNC(=O)c2cncc(-n3ncc4cc(Nc5c(Cl)cccc5Cl)ccc43)c2)CC1.O=C(O)C(F)(F)F. The number of likely N-dealkylation sites (N-methyl/N-ethyl adjacent to an activating group) is 1. The van der Waals surface area contributed by atoms with Crippen molar-refractivity contribution >= 4 is 57.4 Å². The second-order valence-electron chi connectivity index (χ2n) is 9.69. The molecule has 0 aliphatic carbocycles. The van der Waals surface area contributed by atoms with Gasteiger partial charge in [-0.2, -0.15) is 18.3 Å². The van der Waals surface area contributed by atoms with Crippen LogP contribution < -0.4 is 10.6 Å². The maximum Gasteiger partial charge on any atom is 0.490 e. The predicted molar refractivity (Wildman–Crippen MR) is 159 cm³/mol. The maximum absolute atomic E-state index is 12.8. The molecule has 0 unspecified atom stereocenters. The maximum atomic E-state index is 12.8. The van der Waals surface area contributed by atoms with E-state index in [4.69, 9.17) is 33.1 Å². The van der Waals surface area contributed by atoms with Gasteiger partial charge in [-0.1, -0.05) is 29.3 Å². The summed E-state index contributed by atoms with van der Waals surface area (Å²) < 4.78 is 33.5. The number of nitrogens with one attached hydrogen (secondary N) is 2. The van der Waals surface area contributed by atoms with E-state index in [2.05, 4.69) is 37.6 Å². The van der Waals surface area contributed by atoms with Crippen LogP contribution in [-0.4, -0.2) is 94.0 Å². The van der Waals surface area contributed by atoms with Crippen LogP contribution >= 0.6 is 23.2 Å². The Morgan fingerprint density at radius 3 is 2.33 bits per heavy atom. The van der Waals surface area contributed by atoms with E-state index >= 15 is 0 Å². The molecule has 43 heavy (non-hydrogen) atoms. The van der Waals surface area contributed by atoms with Crippen molar-refractivity contribution in [1.29, 1.82) is 0 Å². The van der Waals surface area contributed by atoms with Gasteiger partial charge in [-0.25, -0.2) is 9.48 Å². The number of para-hydroxylation sites is 1. The van der Waals surface area contributed by atoms with E-state index in [1.54, 1.807) is 47.5 Å². The Bertz CT molecular complexity index is 1570. The third kappa shape index (κ3) is 8.57. The van der Waals surface area contributed by atoms with Gasteiger partial charge in [-0.3, -0.25) is 14.7 Å². The molecule has 1 fully saturated rings. The number of alkyl halides is 3. The highest BCUT2D eigenvalue weighted by Gasteiger charge is 2.38. The number of halogens is 5. The second kappa shape index (κ2) is 14.0. The molecular formula is C28H28Cl2F3N7O3. The molecule has 1 aliphatic rings. The molecule has 3 N–H and O–H groups in total. The number of aliphatic carboxylic acids is 1. The number of amides is 1. The van der Waals surface area contributed by atoms with Crippen molar-refractivity contribution in [2.24, 2.45) is 0 Å². The van der Waals surface area contributed by atoms with Gasteiger partial charge in [-0.05, 0) is 43.4 Å². The largest absolute Gasteiger partial charge is 0.490 e. The summed E-state index contributed by atoms with van der Waals surface area (Å²) in [4.78, 5) is 30.6. The van der Waals surface area contributed by atoms with Gasteiger partial charge in [0.25, 0.3) is 5.91 Å². The summed E-state index contributed by atoms with van der Waals surface area (Å²) in [5, 5.41) is 20.0. The molecule has 5 rings (SSSR count). The summed E-state index contributed by atoms with van der Waals surface area (Å²) in [6, 6.07) is 13.0. The molecule has 228 valence electrons. The number of aromatic nitrogens is 3. The third-order valence-electron chi connectivity index (χ3n) is 6.58. The van der Waals surface area contributed by atoms with Crippen molar-refractivity contribution in [1.82, 2.24) is 29.9 Å². The highest BCUT2D eigenvalue weighted by atomic mass is 35.5. The zero-order valence-electron chi connectivity index (χ0n) is 22.9. The Labute approximate surface area is 255 Å². The Morgan fingerprint density at radius 2 is 1.67 bits per heavy atom. The highest BCUT2D eigenvalue weighted by molar-refractivity contribution is 6.39. The summed E-state index contributed by atoms with van der Waals surface area (Å²) in [7, 11) is 2.13. The Kier molecular flexibility index (Phi) is 10.5. The monoisotopic (exact) mass is 637 g/mol. The third-order valence-corrected chi connectivity index (χ3v) is 7.21. The van der Waals surface area contributed by atoms with Gasteiger partial charge in [0.05, 0.1) is 44.9 Å². The van der Waals surface area contributed by atoms with Crippen LogP contribution in [-0.2, 0) is 4.79 Å². The first-order valence-electron chi connectivity index (χ1n) is 13.1. The number of rotatable bonds is 7. The van der Waals surface area contributed by atoms with E-state index in [-0.39, 0.29) is 5.91 Å². The standard InChI is InChI=1S/C26H27Cl2N7O.C2HF3O2/c1-33-9-11-34(12-10-33)8-7-30-26(36)19-14-21(17-29-15-19)35-24-6-5-20(13-18(24)16-31-35)32-25-22(27)3-2-4-23(25)28;3-2(4,5)1(6)7/h2-6,13-17,32H,7-12H2,1H3,(H,30,36);(H,6,7). The quantitative estimate of drug-likeness (QED) is 0.257. The molecule has 2 aromatic carbocycles. The van der Waals surface area contributed by atoms with Crippen molar-refractivity contribution in [2.75, 3.05) is 51.6 Å². The lowest BCUT2D eigenvalue weighted by atomic mass is 10.2. The molecule has 0 bridgehead atoms. The molecule has 2 aromatic heterocycles. The molecular weight excluding hydrogens is 610 g/mol. The first kappa shape index (κ1) is 32.0. The van der Waals surface area contributed by atoms with E-state index in [1.165, 1.54) is 0 Å². The van der Waals surface area contributed by atoms with E-state index in [1.807, 2.05) is 18.2 Å². The van der Waals surface area contributed by atoms with Gasteiger partial charge < -0.3 is 20.6 Å². The number of carbonyl (C=O) groups is 2. The fraction of sp³-hybridized carbons (Fsp3) is 0.286. The molecule has 0 saturated carbocycles. The number of pyridine rings is 1. The molecule has 0 radical (unpaired) electrons. The number of hydrogen-bond acceptors (Lipinski definition) is 7. The van der Waals surface area contributed by atoms with Crippen molar-refractivity contribution < 1.29 is 27.9 Å². The number of hydrogen-bond donors (Lipinski definition) is 3. The van der Waals surface area contributed by atoms with Crippen molar-refractivity contribution in [3.63, 3.8) is 0 Å². The van der Waals surface area contributed by atoms with Gasteiger partial charge in [0.1, 0.15) is 0 Å². The summed E-state index contributed by atoms with van der Waals surface area (Å²) in [6.45, 7) is 5.61. The van der Waals surface area contributed by atoms with Gasteiger partial charge in [0, 0.05) is 56.5 Å². The Balaban J connectivity index is 0.000000541. The van der Waals surface area contributed by atoms with Crippen LogP contribution in [0.2, 0.25) is 10.0 Å². The van der Waals surface area contributed by atoms with Gasteiger partial charge >= 0.3 is 12.1 Å². The molecule has 1 saturated heterocycles. The van der Waals surface area contributed by atoms with Crippen molar-refractivity contribution in [3.8, 4) is 5.69 Å². The molecule has 4 aromatic rings. The lowest BCUT2D eigenvalue weighted by Gasteiger charge is -2.32. The molecule has 0 spiro atoms. The Morgan fingerprint density at radius 1 is 1.00 bits per heavy atom. The van der Waals surface area contributed by atoms with Crippen molar-refractivity contribution in [2.45, 2.75) is 6.18 Å². The number of carboxylic acids is 1. The number of carboxylic acid groups (broad SMARTS) is 1. The number of nitrogens with zero attached hydrogens (tertiary/aromatic N) is 5. The molecule has 0 atom stereocenters. The minimum atomic E-state index is -5.08. The molecule has 10 nitrogen and oxygen atoms in total. The lowest BCUT2D eigenvalue weighted by molar-refractivity contribution is -0.192. The summed E-state index contributed by atoms with van der Waals surface area (Å²) in [5.74, 6) is -2.90. The van der Waals surface area contributed by atoms with Crippen LogP contribution in [0.3, 0.4) is 0 Å². The van der Waals surface area contributed by atoms with E-state index in [0.717, 1.165) is 49.3 Å². The minimum absolute atomic E-state index is 0.141. The number of benzene rings is 2. The normalized spacial score (nSPS) is 14.2. The van der Waals surface area contributed by atoms with Crippen LogP contribution in [0.25, 0.3) is 16.6 Å². The zero-order valence-corrected chi connectivity index (χ0v) is 24.4. The van der Waals surface area contributed by atoms with Crippen LogP contribution in [0.4, 0.5) is 24.5 Å². The molecule has 1 aliphatic heterocycles. The topological polar surface area (TPSA) is 116 Å². The molecule has 1 amide bonds. The number of fused-ring (bicyclic) bond motifs is 1. The first-order valence-corrected chi connectivity index (χ1v) is 13.8. The Hall–Kier alpha value is -3.91. The van der Waals surface area contributed by atoms with Gasteiger partial charge in [-0.15, -0.1) is 0 Å². The van der Waals surface area contributed by atoms with E-state index < -0.39 is 12.1 Å². The number of anilines is 2. The number of carbonyl (C=O) groups excluding carboxylic acids is 1. The van der Waals surface area contributed by atoms with Crippen molar-refractivity contribution in [3.05, 3.63) is 76.7 Å². The summed E-state index contributed by atoms with van der Waals surface area (Å²) in [6.07, 6.45) is -0.0314. The average molecular weight is 638 g/mol. The van der Waals surface area contributed by atoms with Crippen LogP contribution in [0.1, 0.15) is 10.4 Å². The highest BCUT2D eigenvalue weighted by Crippen LogP contribution is 2.33. The molecule has 3 heterocycles. The minimum Gasteiger partial charge on any atom is -0.475 e.